The third-order valence-corrected chi connectivity index (χ3v) is 5.74. The number of benzene rings is 1. The topological polar surface area (TPSA) is 60.9 Å². The molecular weight excluding hydrogens is 330 g/mol. The molecule has 6 nitrogen and oxygen atoms in total. The van der Waals surface area contributed by atoms with E-state index in [9.17, 15) is 14.4 Å². The van der Waals surface area contributed by atoms with Crippen LogP contribution >= 0.6 is 0 Å². The van der Waals surface area contributed by atoms with Gasteiger partial charge in [-0.2, -0.15) is 0 Å². The van der Waals surface area contributed by atoms with Gasteiger partial charge in [-0.15, -0.1) is 0 Å². The molecule has 0 unspecified atom stereocenters. The number of hydrogen-bond acceptors (Lipinski definition) is 3. The van der Waals surface area contributed by atoms with Crippen LogP contribution in [0.1, 0.15) is 43.2 Å². The molecule has 4 amide bonds. The summed E-state index contributed by atoms with van der Waals surface area (Å²) in [5.74, 6) is -0.435. The lowest BCUT2D eigenvalue weighted by Gasteiger charge is -2.35. The van der Waals surface area contributed by atoms with Crippen molar-refractivity contribution in [2.45, 2.75) is 51.1 Å². The van der Waals surface area contributed by atoms with Gasteiger partial charge in [-0.3, -0.25) is 14.5 Å². The highest BCUT2D eigenvalue weighted by atomic mass is 16.2. The molecule has 1 aromatic carbocycles. The van der Waals surface area contributed by atoms with Crippen molar-refractivity contribution in [2.24, 2.45) is 0 Å². The number of nitrogens with zero attached hydrogens (tertiary/aromatic N) is 3. The smallest absolute Gasteiger partial charge is 0.327 e. The summed E-state index contributed by atoms with van der Waals surface area (Å²) in [5, 5.41) is 0. The molecule has 0 atom stereocenters. The maximum absolute atomic E-state index is 12.9. The fourth-order valence-electron chi connectivity index (χ4n) is 3.98. The second-order valence-corrected chi connectivity index (χ2v) is 7.56. The van der Waals surface area contributed by atoms with E-state index in [2.05, 4.69) is 0 Å². The van der Waals surface area contributed by atoms with Gasteiger partial charge < -0.3 is 9.80 Å². The summed E-state index contributed by atoms with van der Waals surface area (Å²) in [6, 6.07) is 7.62. The zero-order valence-electron chi connectivity index (χ0n) is 15.8. The molecular formula is C20H27N3O3. The lowest BCUT2D eigenvalue weighted by atomic mass is 9.81. The number of rotatable bonds is 4. The average molecular weight is 357 g/mol. The molecule has 2 aliphatic rings. The van der Waals surface area contributed by atoms with Crippen LogP contribution in [0.5, 0.6) is 0 Å². The Balaban J connectivity index is 1.67. The number of carbonyl (C=O) groups excluding carboxylic acids is 3. The third-order valence-electron chi connectivity index (χ3n) is 5.74. The molecule has 1 heterocycles. The molecule has 6 heteroatoms. The van der Waals surface area contributed by atoms with E-state index in [-0.39, 0.29) is 24.4 Å². The van der Waals surface area contributed by atoms with Gasteiger partial charge in [-0.25, -0.2) is 4.79 Å². The minimum atomic E-state index is -0.731. The van der Waals surface area contributed by atoms with Gasteiger partial charge in [0.25, 0.3) is 5.91 Å². The average Bonchev–Trinajstić information content (AvgIpc) is 2.80. The molecule has 3 rings (SSSR count). The number of carbonyl (C=O) groups is 3. The number of aryl methyl sites for hydroxylation is 1. The van der Waals surface area contributed by atoms with Gasteiger partial charge in [-0.05, 0) is 25.3 Å². The minimum Gasteiger partial charge on any atom is -0.340 e. The molecule has 0 bridgehead atoms. The van der Waals surface area contributed by atoms with Crippen LogP contribution in [0.3, 0.4) is 0 Å². The number of urea groups is 1. The maximum atomic E-state index is 12.9. The molecule has 0 radical (unpaired) electrons. The quantitative estimate of drug-likeness (QED) is 0.778. The van der Waals surface area contributed by atoms with Crippen LogP contribution in [0.25, 0.3) is 0 Å². The third kappa shape index (κ3) is 3.20. The van der Waals surface area contributed by atoms with Crippen molar-refractivity contribution >= 4 is 17.8 Å². The molecule has 1 saturated heterocycles. The summed E-state index contributed by atoms with van der Waals surface area (Å²) in [4.78, 5) is 42.4. The Bertz CT molecular complexity index is 708. The van der Waals surface area contributed by atoms with Crippen LogP contribution in [0.4, 0.5) is 4.79 Å². The molecule has 1 aromatic rings. The van der Waals surface area contributed by atoms with Crippen molar-refractivity contribution in [3.05, 3.63) is 35.4 Å². The molecule has 1 saturated carbocycles. The summed E-state index contributed by atoms with van der Waals surface area (Å²) in [6.45, 7) is 2.28. The highest BCUT2D eigenvalue weighted by Crippen LogP contribution is 2.39. The molecule has 1 aliphatic carbocycles. The van der Waals surface area contributed by atoms with Gasteiger partial charge in [0.1, 0.15) is 12.1 Å². The first-order valence-electron chi connectivity index (χ1n) is 9.24. The van der Waals surface area contributed by atoms with Gasteiger partial charge in [-0.1, -0.05) is 49.1 Å². The first kappa shape index (κ1) is 18.4. The van der Waals surface area contributed by atoms with Crippen molar-refractivity contribution in [3.63, 3.8) is 0 Å². The maximum Gasteiger partial charge on any atom is 0.327 e. The van der Waals surface area contributed by atoms with Crippen LogP contribution < -0.4 is 0 Å². The van der Waals surface area contributed by atoms with Crippen LogP contribution in [-0.4, -0.2) is 58.7 Å². The lowest BCUT2D eigenvalue weighted by Crippen LogP contribution is -2.49. The van der Waals surface area contributed by atoms with E-state index in [1.807, 2.05) is 31.2 Å². The van der Waals surface area contributed by atoms with Gasteiger partial charge in [0.2, 0.25) is 5.91 Å². The Kier molecular flexibility index (Phi) is 5.03. The van der Waals surface area contributed by atoms with Gasteiger partial charge in [0.05, 0.1) is 0 Å². The van der Waals surface area contributed by atoms with E-state index >= 15 is 0 Å². The second kappa shape index (κ2) is 7.09. The van der Waals surface area contributed by atoms with E-state index in [1.54, 1.807) is 23.9 Å². The van der Waals surface area contributed by atoms with E-state index in [1.165, 1.54) is 0 Å². The van der Waals surface area contributed by atoms with Crippen molar-refractivity contribution in [1.82, 2.24) is 14.7 Å². The van der Waals surface area contributed by atoms with Crippen LogP contribution in [0, 0.1) is 6.92 Å². The normalized spacial score (nSPS) is 19.3. The van der Waals surface area contributed by atoms with Gasteiger partial charge in [0.15, 0.2) is 0 Å². The zero-order chi connectivity index (χ0) is 18.9. The Morgan fingerprint density at radius 3 is 2.35 bits per heavy atom. The number of imide groups is 1. The fourth-order valence-corrected chi connectivity index (χ4v) is 3.98. The zero-order valence-corrected chi connectivity index (χ0v) is 15.8. The Hall–Kier alpha value is -2.37. The summed E-state index contributed by atoms with van der Waals surface area (Å²) in [6.07, 6.45) is 4.36. The summed E-state index contributed by atoms with van der Waals surface area (Å²) in [5.41, 5.74) is 1.45. The number of likely N-dealkylation sites (N-methyl/N-ethyl adjacent to an activating group) is 2. The van der Waals surface area contributed by atoms with Crippen molar-refractivity contribution < 1.29 is 14.4 Å². The van der Waals surface area contributed by atoms with E-state index in [4.69, 9.17) is 0 Å². The second-order valence-electron chi connectivity index (χ2n) is 7.56. The lowest BCUT2D eigenvalue weighted by molar-refractivity contribution is -0.140. The molecule has 0 aromatic heterocycles. The molecule has 140 valence electrons. The molecule has 1 aliphatic heterocycles. The van der Waals surface area contributed by atoms with Crippen molar-refractivity contribution in [2.75, 3.05) is 20.6 Å². The predicted molar refractivity (Wildman–Crippen MR) is 98.3 cm³/mol. The van der Waals surface area contributed by atoms with Gasteiger partial charge in [0, 0.05) is 20.6 Å². The Morgan fingerprint density at radius 2 is 1.73 bits per heavy atom. The summed E-state index contributed by atoms with van der Waals surface area (Å²) in [7, 11) is 3.39. The highest BCUT2D eigenvalue weighted by Gasteiger charge is 2.55. The molecule has 2 fully saturated rings. The van der Waals surface area contributed by atoms with E-state index in [0.717, 1.165) is 35.3 Å². The fraction of sp³-hybridized carbons (Fsp3) is 0.550. The van der Waals surface area contributed by atoms with Crippen LogP contribution in [0.2, 0.25) is 0 Å². The van der Waals surface area contributed by atoms with E-state index < -0.39 is 5.54 Å². The Labute approximate surface area is 154 Å². The standard InChI is InChI=1S/C20H27N3O3/c1-15-7-9-16(10-8-15)13-21(2)17(24)14-23-18(25)20(22(3)19(23)26)11-5-4-6-12-20/h7-10H,4-6,11-14H2,1-3H3. The predicted octanol–water partition coefficient (Wildman–Crippen LogP) is 2.55. The van der Waals surface area contributed by atoms with Crippen LogP contribution in [0.15, 0.2) is 24.3 Å². The highest BCUT2D eigenvalue weighted by molar-refractivity contribution is 6.08. The first-order chi connectivity index (χ1) is 12.3. The SMILES string of the molecule is Cc1ccc(CN(C)C(=O)CN2C(=O)N(C)C3(CCCCC3)C2=O)cc1. The summed E-state index contributed by atoms with van der Waals surface area (Å²) < 4.78 is 0. The minimum absolute atomic E-state index is 0.188. The monoisotopic (exact) mass is 357 g/mol. The van der Waals surface area contributed by atoms with Crippen molar-refractivity contribution in [3.8, 4) is 0 Å². The number of hydrogen-bond donors (Lipinski definition) is 0. The largest absolute Gasteiger partial charge is 0.340 e. The van der Waals surface area contributed by atoms with Crippen LogP contribution in [-0.2, 0) is 16.1 Å². The summed E-state index contributed by atoms with van der Waals surface area (Å²) >= 11 is 0. The number of amides is 4. The molecule has 26 heavy (non-hydrogen) atoms. The molecule has 0 N–H and O–H groups in total. The first-order valence-corrected chi connectivity index (χ1v) is 9.24. The van der Waals surface area contributed by atoms with E-state index in [0.29, 0.717) is 19.4 Å². The van der Waals surface area contributed by atoms with Crippen molar-refractivity contribution in [1.29, 1.82) is 0 Å². The molecule has 1 spiro atoms. The van der Waals surface area contributed by atoms with Gasteiger partial charge >= 0.3 is 6.03 Å². The Morgan fingerprint density at radius 1 is 1.12 bits per heavy atom.